The summed E-state index contributed by atoms with van der Waals surface area (Å²) in [6.07, 6.45) is 4.06. The highest BCUT2D eigenvalue weighted by Gasteiger charge is 2.19. The number of nitrogens with zero attached hydrogens (tertiary/aromatic N) is 4. The average molecular weight is 337 g/mol. The van der Waals surface area contributed by atoms with Gasteiger partial charge in [0, 0.05) is 12.5 Å². The molecule has 0 atom stereocenters. The number of amides is 1. The number of nitrogens with one attached hydrogen (secondary N) is 1. The Kier molecular flexibility index (Phi) is 4.51. The van der Waals surface area contributed by atoms with E-state index in [1.165, 1.54) is 24.7 Å². The molecule has 0 fully saturated rings. The summed E-state index contributed by atoms with van der Waals surface area (Å²) in [6, 6.07) is 2.99. The van der Waals surface area contributed by atoms with Crippen molar-refractivity contribution in [3.63, 3.8) is 0 Å². The van der Waals surface area contributed by atoms with E-state index >= 15 is 0 Å². The molecule has 2 aromatic rings. The van der Waals surface area contributed by atoms with E-state index in [-0.39, 0.29) is 28.5 Å². The lowest BCUT2D eigenvalue weighted by molar-refractivity contribution is 0.0938. The molecule has 2 rings (SSSR count). The molecule has 0 radical (unpaired) electrons. The zero-order valence-corrected chi connectivity index (χ0v) is 14.3. The van der Waals surface area contributed by atoms with E-state index in [2.05, 4.69) is 20.4 Å². The molecule has 0 aliphatic heterocycles. The Morgan fingerprint density at radius 3 is 2.57 bits per heavy atom. The van der Waals surface area contributed by atoms with Crippen LogP contribution >= 0.6 is 0 Å². The minimum Gasteiger partial charge on any atom is -0.344 e. The average Bonchev–Trinajstić information content (AvgIpc) is 2.94. The van der Waals surface area contributed by atoms with Gasteiger partial charge in [-0.2, -0.15) is 0 Å². The Morgan fingerprint density at radius 2 is 2.00 bits per heavy atom. The van der Waals surface area contributed by atoms with Crippen LogP contribution in [-0.4, -0.2) is 40.3 Å². The molecule has 124 valence electrons. The molecular weight excluding hydrogens is 318 g/mol. The fourth-order valence-electron chi connectivity index (χ4n) is 1.83. The lowest BCUT2D eigenvalue weighted by Gasteiger charge is -2.17. The second-order valence-electron chi connectivity index (χ2n) is 6.09. The first-order chi connectivity index (χ1) is 10.6. The van der Waals surface area contributed by atoms with Gasteiger partial charge in [-0.05, 0) is 32.9 Å². The van der Waals surface area contributed by atoms with E-state index in [1.54, 1.807) is 4.68 Å². The highest BCUT2D eigenvalue weighted by molar-refractivity contribution is 7.90. The van der Waals surface area contributed by atoms with Gasteiger partial charge >= 0.3 is 0 Å². The van der Waals surface area contributed by atoms with Crippen LogP contribution in [0.2, 0.25) is 0 Å². The minimum absolute atomic E-state index is 0.0217. The van der Waals surface area contributed by atoms with Crippen molar-refractivity contribution in [1.29, 1.82) is 0 Å². The predicted molar refractivity (Wildman–Crippen MR) is 83.5 cm³/mol. The highest BCUT2D eigenvalue weighted by atomic mass is 32.2. The third kappa shape index (κ3) is 4.13. The van der Waals surface area contributed by atoms with Crippen LogP contribution in [0.5, 0.6) is 0 Å². The smallest absolute Gasteiger partial charge is 0.291 e. The largest absolute Gasteiger partial charge is 0.344 e. The molecule has 0 aliphatic rings. The predicted octanol–water partition coefficient (Wildman–Crippen LogP) is 0.762. The first-order valence-corrected chi connectivity index (χ1v) is 8.82. The molecule has 0 saturated carbocycles. The van der Waals surface area contributed by atoms with Crippen molar-refractivity contribution in [2.45, 2.75) is 37.8 Å². The quantitative estimate of drug-likeness (QED) is 0.883. The normalized spacial score (nSPS) is 12.2. The Hall–Kier alpha value is -2.29. The Balaban J connectivity index is 2.13. The molecule has 2 aromatic heterocycles. The summed E-state index contributed by atoms with van der Waals surface area (Å²) in [5, 5.41) is 6.71. The van der Waals surface area contributed by atoms with Gasteiger partial charge in [0.05, 0.1) is 22.7 Å². The second-order valence-corrected chi connectivity index (χ2v) is 8.07. The van der Waals surface area contributed by atoms with E-state index in [1.807, 2.05) is 20.8 Å². The molecule has 0 saturated heterocycles. The van der Waals surface area contributed by atoms with Crippen molar-refractivity contribution >= 4 is 15.7 Å². The summed E-state index contributed by atoms with van der Waals surface area (Å²) in [6.45, 7) is 5.80. The molecule has 0 spiro atoms. The number of carbonyl (C=O) groups is 1. The van der Waals surface area contributed by atoms with Crippen molar-refractivity contribution in [2.75, 3.05) is 6.26 Å². The summed E-state index contributed by atoms with van der Waals surface area (Å²) in [4.78, 5) is 20.2. The SMILES string of the molecule is CC(C)(C)n1cnc(C(=O)NCc2ncccc2S(C)(=O)=O)n1. The van der Waals surface area contributed by atoms with Gasteiger partial charge in [-0.1, -0.05) is 0 Å². The van der Waals surface area contributed by atoms with Crippen molar-refractivity contribution < 1.29 is 13.2 Å². The summed E-state index contributed by atoms with van der Waals surface area (Å²) in [5.74, 6) is -0.463. The first kappa shape index (κ1) is 17.1. The van der Waals surface area contributed by atoms with Crippen LogP contribution in [0.3, 0.4) is 0 Å². The summed E-state index contributed by atoms with van der Waals surface area (Å²) in [7, 11) is -3.41. The van der Waals surface area contributed by atoms with Crippen LogP contribution in [0, 0.1) is 0 Å². The molecule has 1 amide bonds. The van der Waals surface area contributed by atoms with Crippen LogP contribution in [0.15, 0.2) is 29.6 Å². The third-order valence-corrected chi connectivity index (χ3v) is 4.22. The van der Waals surface area contributed by atoms with Crippen LogP contribution < -0.4 is 5.32 Å². The number of hydrogen-bond acceptors (Lipinski definition) is 6. The van der Waals surface area contributed by atoms with Crippen LogP contribution in [0.4, 0.5) is 0 Å². The Labute approximate surface area is 134 Å². The molecule has 0 aromatic carbocycles. The van der Waals surface area contributed by atoms with Crippen molar-refractivity contribution in [3.05, 3.63) is 36.2 Å². The number of hydrogen-bond donors (Lipinski definition) is 1. The zero-order chi connectivity index (χ0) is 17.3. The van der Waals surface area contributed by atoms with E-state index in [9.17, 15) is 13.2 Å². The lowest BCUT2D eigenvalue weighted by atomic mass is 10.1. The third-order valence-electron chi connectivity index (χ3n) is 3.05. The maximum absolute atomic E-state index is 12.1. The van der Waals surface area contributed by atoms with Gasteiger partial charge in [-0.15, -0.1) is 5.10 Å². The van der Waals surface area contributed by atoms with Crippen molar-refractivity contribution in [2.24, 2.45) is 0 Å². The fraction of sp³-hybridized carbons (Fsp3) is 0.429. The first-order valence-electron chi connectivity index (χ1n) is 6.93. The Morgan fingerprint density at radius 1 is 1.30 bits per heavy atom. The molecule has 2 heterocycles. The zero-order valence-electron chi connectivity index (χ0n) is 13.4. The second kappa shape index (κ2) is 6.07. The van der Waals surface area contributed by atoms with E-state index in [4.69, 9.17) is 0 Å². The van der Waals surface area contributed by atoms with Gasteiger partial charge in [-0.3, -0.25) is 9.78 Å². The fourth-order valence-corrected chi connectivity index (χ4v) is 2.71. The number of sulfone groups is 1. The molecular formula is C14H19N5O3S. The monoisotopic (exact) mass is 337 g/mol. The molecule has 9 heteroatoms. The number of aromatic nitrogens is 4. The minimum atomic E-state index is -3.41. The maximum Gasteiger partial charge on any atom is 0.291 e. The molecule has 23 heavy (non-hydrogen) atoms. The van der Waals surface area contributed by atoms with Crippen LogP contribution in [-0.2, 0) is 21.9 Å². The van der Waals surface area contributed by atoms with Crippen molar-refractivity contribution in [3.8, 4) is 0 Å². The van der Waals surface area contributed by atoms with Gasteiger partial charge in [0.2, 0.25) is 5.82 Å². The van der Waals surface area contributed by atoms with E-state index in [0.29, 0.717) is 0 Å². The molecule has 0 aliphatic carbocycles. The summed E-state index contributed by atoms with van der Waals surface area (Å²) < 4.78 is 25.0. The standard InChI is InChI=1S/C14H19N5O3S/c1-14(2,3)19-9-17-12(18-19)13(20)16-8-10-11(23(4,21)22)6-5-7-15-10/h5-7,9H,8H2,1-4H3,(H,16,20). The van der Waals surface area contributed by atoms with Crippen LogP contribution in [0.25, 0.3) is 0 Å². The van der Waals surface area contributed by atoms with Gasteiger partial charge in [-0.25, -0.2) is 18.1 Å². The van der Waals surface area contributed by atoms with Gasteiger partial charge in [0.1, 0.15) is 6.33 Å². The molecule has 0 bridgehead atoms. The van der Waals surface area contributed by atoms with E-state index < -0.39 is 15.7 Å². The van der Waals surface area contributed by atoms with Gasteiger partial charge in [0.15, 0.2) is 9.84 Å². The molecule has 8 nitrogen and oxygen atoms in total. The van der Waals surface area contributed by atoms with Gasteiger partial charge in [0.25, 0.3) is 5.91 Å². The molecule has 0 unspecified atom stereocenters. The number of rotatable bonds is 4. The Bertz CT molecular complexity index is 821. The summed E-state index contributed by atoms with van der Waals surface area (Å²) >= 11 is 0. The van der Waals surface area contributed by atoms with E-state index in [0.717, 1.165) is 6.26 Å². The van der Waals surface area contributed by atoms with Crippen LogP contribution in [0.1, 0.15) is 37.1 Å². The maximum atomic E-state index is 12.1. The number of pyridine rings is 1. The number of carbonyl (C=O) groups excluding carboxylic acids is 1. The lowest BCUT2D eigenvalue weighted by Crippen LogP contribution is -2.27. The summed E-state index contributed by atoms with van der Waals surface area (Å²) in [5.41, 5.74) is -0.00529. The molecule has 1 N–H and O–H groups in total. The van der Waals surface area contributed by atoms with Crippen molar-refractivity contribution in [1.82, 2.24) is 25.1 Å². The van der Waals surface area contributed by atoms with Gasteiger partial charge < -0.3 is 5.32 Å². The highest BCUT2D eigenvalue weighted by Crippen LogP contribution is 2.13. The topological polar surface area (TPSA) is 107 Å².